The third-order valence-electron chi connectivity index (χ3n) is 5.11. The van der Waals surface area contributed by atoms with Crippen LogP contribution in [0, 0.1) is 0 Å². The maximum atomic E-state index is 11.8. The fourth-order valence-electron chi connectivity index (χ4n) is 3.59. The fraction of sp³-hybridized carbons (Fsp3) is 0.120. The van der Waals surface area contributed by atoms with Crippen LogP contribution in [0.1, 0.15) is 39.4 Å². The summed E-state index contributed by atoms with van der Waals surface area (Å²) in [5.41, 5.74) is 4.81. The Balaban J connectivity index is 1.70. The zero-order valence-electron chi connectivity index (χ0n) is 16.5. The molecule has 4 nitrogen and oxygen atoms in total. The normalized spacial score (nSPS) is 16.5. The number of benzene rings is 3. The standard InChI is InChI=1S/C25H21ClN2O2/c1-30-25(29)18-10-8-17(9-11-18)21-7-4-16-27-24(23-6-3-2-5-22(21)23)28-20-14-12-19(26)13-15-20/h2-6,8-16,21H,7H2,1H3,(H,27,28)/b16-4+. The van der Waals surface area contributed by atoms with E-state index in [0.717, 1.165) is 29.1 Å². The van der Waals surface area contributed by atoms with Gasteiger partial charge in [0.1, 0.15) is 5.84 Å². The number of ether oxygens (including phenoxy) is 1. The summed E-state index contributed by atoms with van der Waals surface area (Å²) in [7, 11) is 1.39. The fourth-order valence-corrected chi connectivity index (χ4v) is 3.72. The molecule has 0 bridgehead atoms. The third-order valence-corrected chi connectivity index (χ3v) is 5.37. The Labute approximate surface area is 180 Å². The largest absolute Gasteiger partial charge is 0.465 e. The molecule has 5 heteroatoms. The molecular formula is C25H21ClN2O2. The van der Waals surface area contributed by atoms with Crippen molar-refractivity contribution in [3.63, 3.8) is 0 Å². The summed E-state index contributed by atoms with van der Waals surface area (Å²) in [6.45, 7) is 0. The van der Waals surface area contributed by atoms with Crippen LogP contribution in [0.15, 0.2) is 90.1 Å². The maximum absolute atomic E-state index is 11.8. The summed E-state index contributed by atoms with van der Waals surface area (Å²) in [6, 6.07) is 23.4. The van der Waals surface area contributed by atoms with E-state index in [2.05, 4.69) is 28.5 Å². The van der Waals surface area contributed by atoms with Gasteiger partial charge in [0, 0.05) is 28.4 Å². The highest BCUT2D eigenvalue weighted by molar-refractivity contribution is 6.30. The van der Waals surface area contributed by atoms with Crippen LogP contribution in [-0.2, 0) is 4.74 Å². The van der Waals surface area contributed by atoms with Crippen LogP contribution in [0.25, 0.3) is 0 Å². The molecule has 0 amide bonds. The van der Waals surface area contributed by atoms with Crippen molar-refractivity contribution in [2.75, 3.05) is 12.4 Å². The molecule has 0 saturated heterocycles. The van der Waals surface area contributed by atoms with Gasteiger partial charge in [-0.05, 0) is 53.9 Å². The summed E-state index contributed by atoms with van der Waals surface area (Å²) < 4.78 is 4.81. The van der Waals surface area contributed by atoms with Gasteiger partial charge in [0.2, 0.25) is 0 Å². The predicted molar refractivity (Wildman–Crippen MR) is 121 cm³/mol. The quantitative estimate of drug-likeness (QED) is 0.530. The highest BCUT2D eigenvalue weighted by atomic mass is 35.5. The molecule has 0 saturated carbocycles. The summed E-state index contributed by atoms with van der Waals surface area (Å²) in [5.74, 6) is 0.586. The molecule has 150 valence electrons. The summed E-state index contributed by atoms with van der Waals surface area (Å²) >= 11 is 6.01. The van der Waals surface area contributed by atoms with Crippen molar-refractivity contribution in [2.45, 2.75) is 12.3 Å². The molecule has 4 rings (SSSR count). The van der Waals surface area contributed by atoms with E-state index in [1.54, 1.807) is 0 Å². The minimum atomic E-state index is -0.332. The Morgan fingerprint density at radius 3 is 2.50 bits per heavy atom. The van der Waals surface area contributed by atoms with Crippen LogP contribution < -0.4 is 5.32 Å². The molecule has 3 aromatic rings. The molecule has 1 N–H and O–H groups in total. The lowest BCUT2D eigenvalue weighted by molar-refractivity contribution is 0.0600. The molecule has 0 aliphatic carbocycles. The second-order valence-corrected chi connectivity index (χ2v) is 7.42. The van der Waals surface area contributed by atoms with E-state index in [1.165, 1.54) is 12.7 Å². The van der Waals surface area contributed by atoms with Crippen LogP contribution in [0.2, 0.25) is 5.02 Å². The van der Waals surface area contributed by atoms with E-state index < -0.39 is 0 Å². The van der Waals surface area contributed by atoms with Gasteiger partial charge in [0.15, 0.2) is 0 Å². The van der Waals surface area contributed by atoms with Crippen molar-refractivity contribution >= 4 is 29.1 Å². The first-order chi connectivity index (χ1) is 14.7. The molecule has 0 aromatic heterocycles. The van der Waals surface area contributed by atoms with Crippen molar-refractivity contribution in [3.05, 3.63) is 112 Å². The molecule has 1 unspecified atom stereocenters. The molecule has 0 spiro atoms. The van der Waals surface area contributed by atoms with Crippen LogP contribution in [0.3, 0.4) is 0 Å². The van der Waals surface area contributed by atoms with Gasteiger partial charge in [0.25, 0.3) is 0 Å². The average molecular weight is 417 g/mol. The predicted octanol–water partition coefficient (Wildman–Crippen LogP) is 6.03. The third kappa shape index (κ3) is 4.29. The van der Waals surface area contributed by atoms with E-state index in [0.29, 0.717) is 10.6 Å². The lowest BCUT2D eigenvalue weighted by Crippen LogP contribution is -2.18. The average Bonchev–Trinajstić information content (AvgIpc) is 2.78. The number of aliphatic imine (C=N–C) groups is 1. The molecular weight excluding hydrogens is 396 g/mol. The van der Waals surface area contributed by atoms with E-state index in [-0.39, 0.29) is 11.9 Å². The minimum absolute atomic E-state index is 0.140. The highest BCUT2D eigenvalue weighted by Crippen LogP contribution is 2.33. The molecule has 3 aromatic carbocycles. The second kappa shape index (κ2) is 8.97. The Morgan fingerprint density at radius 2 is 1.77 bits per heavy atom. The van der Waals surface area contributed by atoms with Gasteiger partial charge >= 0.3 is 5.97 Å². The van der Waals surface area contributed by atoms with Gasteiger partial charge in [-0.25, -0.2) is 9.79 Å². The first-order valence-electron chi connectivity index (χ1n) is 9.68. The number of halogens is 1. The number of hydrogen-bond acceptors (Lipinski definition) is 4. The number of carbonyl (C=O) groups is 1. The lowest BCUT2D eigenvalue weighted by Gasteiger charge is -2.23. The van der Waals surface area contributed by atoms with Crippen LogP contribution in [0.5, 0.6) is 0 Å². The Hall–Kier alpha value is -3.37. The van der Waals surface area contributed by atoms with Gasteiger partial charge in [-0.2, -0.15) is 0 Å². The summed E-state index contributed by atoms with van der Waals surface area (Å²) in [6.07, 6.45) is 4.72. The van der Waals surface area contributed by atoms with Crippen molar-refractivity contribution in [1.82, 2.24) is 0 Å². The first kappa shape index (κ1) is 19.9. The number of nitrogens with one attached hydrogen (secondary N) is 1. The number of fused-ring (bicyclic) bond motifs is 1. The molecule has 1 atom stereocenters. The number of esters is 1. The number of methoxy groups -OCH3 is 1. The Bertz CT molecular complexity index is 1100. The van der Waals surface area contributed by atoms with Gasteiger partial charge in [-0.3, -0.25) is 0 Å². The number of anilines is 1. The van der Waals surface area contributed by atoms with Crippen molar-refractivity contribution in [2.24, 2.45) is 4.99 Å². The topological polar surface area (TPSA) is 50.7 Å². The zero-order valence-corrected chi connectivity index (χ0v) is 17.3. The zero-order chi connectivity index (χ0) is 20.9. The highest BCUT2D eigenvalue weighted by Gasteiger charge is 2.21. The Kier molecular flexibility index (Phi) is 5.96. The van der Waals surface area contributed by atoms with Crippen molar-refractivity contribution < 1.29 is 9.53 Å². The monoisotopic (exact) mass is 416 g/mol. The van der Waals surface area contributed by atoms with Crippen molar-refractivity contribution in [1.29, 1.82) is 0 Å². The second-order valence-electron chi connectivity index (χ2n) is 6.98. The van der Waals surface area contributed by atoms with E-state index >= 15 is 0 Å². The van der Waals surface area contributed by atoms with Crippen LogP contribution in [-0.4, -0.2) is 18.9 Å². The first-order valence-corrected chi connectivity index (χ1v) is 10.1. The summed E-state index contributed by atoms with van der Waals surface area (Å²) in [4.78, 5) is 16.4. The smallest absolute Gasteiger partial charge is 0.337 e. The molecule has 1 heterocycles. The number of allylic oxidation sites excluding steroid dienone is 1. The number of carbonyl (C=O) groups excluding carboxylic acids is 1. The number of nitrogens with zero attached hydrogens (tertiary/aromatic N) is 1. The van der Waals surface area contributed by atoms with E-state index in [9.17, 15) is 4.79 Å². The number of hydrogen-bond donors (Lipinski definition) is 1. The van der Waals surface area contributed by atoms with E-state index in [4.69, 9.17) is 16.3 Å². The van der Waals surface area contributed by atoms with Gasteiger partial charge in [-0.1, -0.05) is 54.1 Å². The molecule has 1 aliphatic heterocycles. The molecule has 1 aliphatic rings. The number of rotatable bonds is 3. The molecule has 0 fully saturated rings. The Morgan fingerprint density at radius 1 is 1.03 bits per heavy atom. The van der Waals surface area contributed by atoms with E-state index in [1.807, 2.05) is 66.9 Å². The van der Waals surface area contributed by atoms with Crippen LogP contribution in [0.4, 0.5) is 5.69 Å². The number of amidine groups is 1. The minimum Gasteiger partial charge on any atom is -0.465 e. The van der Waals surface area contributed by atoms with Gasteiger partial charge in [-0.15, -0.1) is 0 Å². The van der Waals surface area contributed by atoms with Crippen LogP contribution >= 0.6 is 11.6 Å². The summed E-state index contributed by atoms with van der Waals surface area (Å²) in [5, 5.41) is 4.11. The maximum Gasteiger partial charge on any atom is 0.337 e. The van der Waals surface area contributed by atoms with Gasteiger partial charge < -0.3 is 10.1 Å². The van der Waals surface area contributed by atoms with Gasteiger partial charge in [0.05, 0.1) is 12.7 Å². The SMILES string of the molecule is COC(=O)c1ccc(C2C/C=C/N=C(Nc3ccc(Cl)cc3)c3ccccc32)cc1. The molecule has 30 heavy (non-hydrogen) atoms. The lowest BCUT2D eigenvalue weighted by atomic mass is 9.84. The van der Waals surface area contributed by atoms with Crippen molar-refractivity contribution in [3.8, 4) is 0 Å². The molecule has 0 radical (unpaired) electrons.